The normalized spacial score (nSPS) is 18.8. The highest BCUT2D eigenvalue weighted by Gasteiger charge is 2.46. The fourth-order valence-electron chi connectivity index (χ4n) is 3.47. The van der Waals surface area contributed by atoms with Crippen LogP contribution < -0.4 is 0 Å². The Kier molecular flexibility index (Phi) is 6.55. The highest BCUT2D eigenvalue weighted by Crippen LogP contribution is 2.42. The summed E-state index contributed by atoms with van der Waals surface area (Å²) in [6.45, 7) is 8.74. The first-order valence-corrected chi connectivity index (χ1v) is 10.7. The van der Waals surface area contributed by atoms with Gasteiger partial charge in [0.2, 0.25) is 0 Å². The molecule has 2 heterocycles. The van der Waals surface area contributed by atoms with Crippen LogP contribution in [0.15, 0.2) is 41.3 Å². The number of hydrogen-bond acceptors (Lipinski definition) is 5. The van der Waals surface area contributed by atoms with Crippen LogP contribution in [0.25, 0.3) is 5.76 Å². The monoisotopic (exact) mass is 413 g/mol. The third kappa shape index (κ3) is 4.43. The number of thiophene rings is 1. The van der Waals surface area contributed by atoms with Crippen LogP contribution >= 0.6 is 11.3 Å². The molecular formula is C23H27NO4S. The number of aryl methyl sites for hydroxylation is 2. The molecular weight excluding hydrogens is 386 g/mol. The maximum Gasteiger partial charge on any atom is 0.295 e. The average Bonchev–Trinajstić information content (AvgIpc) is 3.20. The standard InChI is InChI=1S/C23H27NO4S/c1-14(2)28-12-5-11-24-19(22-16(4)10-13-29-22)18(21(26)23(24)27)20(25)17-8-6-15(3)7-9-17/h6-10,13-14,19,25H,5,11-12H2,1-4H3/b20-18-. The smallest absolute Gasteiger partial charge is 0.295 e. The second kappa shape index (κ2) is 8.93. The number of aliphatic hydroxyl groups excluding tert-OH is 1. The molecule has 1 fully saturated rings. The molecule has 1 atom stereocenters. The molecule has 0 radical (unpaired) electrons. The molecule has 0 spiro atoms. The summed E-state index contributed by atoms with van der Waals surface area (Å²) in [7, 11) is 0. The van der Waals surface area contributed by atoms with E-state index in [1.54, 1.807) is 17.0 Å². The fraction of sp³-hybridized carbons (Fsp3) is 0.391. The molecule has 1 saturated heterocycles. The van der Waals surface area contributed by atoms with Gasteiger partial charge < -0.3 is 14.7 Å². The van der Waals surface area contributed by atoms with E-state index in [1.807, 2.05) is 51.3 Å². The van der Waals surface area contributed by atoms with E-state index in [4.69, 9.17) is 4.74 Å². The van der Waals surface area contributed by atoms with E-state index in [0.29, 0.717) is 25.1 Å². The minimum atomic E-state index is -0.634. The van der Waals surface area contributed by atoms with E-state index in [9.17, 15) is 14.7 Å². The van der Waals surface area contributed by atoms with Gasteiger partial charge in [0, 0.05) is 23.6 Å². The number of benzene rings is 1. The molecule has 1 unspecified atom stereocenters. The topological polar surface area (TPSA) is 66.8 Å². The number of ether oxygens (including phenoxy) is 1. The molecule has 0 saturated carbocycles. The number of hydrogen-bond donors (Lipinski definition) is 1. The predicted octanol–water partition coefficient (Wildman–Crippen LogP) is 4.60. The van der Waals surface area contributed by atoms with Gasteiger partial charge >= 0.3 is 0 Å². The van der Waals surface area contributed by atoms with Gasteiger partial charge in [-0.1, -0.05) is 29.8 Å². The van der Waals surface area contributed by atoms with Crippen LogP contribution in [0.5, 0.6) is 0 Å². The lowest BCUT2D eigenvalue weighted by atomic mass is 9.98. The molecule has 2 aromatic rings. The number of nitrogens with zero attached hydrogens (tertiary/aromatic N) is 1. The van der Waals surface area contributed by atoms with E-state index >= 15 is 0 Å². The number of likely N-dealkylation sites (tertiary alicyclic amines) is 1. The van der Waals surface area contributed by atoms with Crippen molar-refractivity contribution in [3.8, 4) is 0 Å². The number of carbonyl (C=O) groups is 2. The van der Waals surface area contributed by atoms with Gasteiger partial charge in [-0.2, -0.15) is 0 Å². The molecule has 0 aliphatic carbocycles. The van der Waals surface area contributed by atoms with Crippen LogP contribution in [-0.2, 0) is 14.3 Å². The SMILES string of the molecule is Cc1ccc(/C(O)=C2/C(=O)C(=O)N(CCCOC(C)C)C2c2sccc2C)cc1. The van der Waals surface area contributed by atoms with Gasteiger partial charge in [-0.25, -0.2) is 0 Å². The summed E-state index contributed by atoms with van der Waals surface area (Å²) in [5, 5.41) is 12.9. The number of carbonyl (C=O) groups excluding carboxylic acids is 2. The molecule has 5 nitrogen and oxygen atoms in total. The first-order valence-electron chi connectivity index (χ1n) is 9.82. The van der Waals surface area contributed by atoms with Crippen molar-refractivity contribution in [1.29, 1.82) is 0 Å². The summed E-state index contributed by atoms with van der Waals surface area (Å²) in [6.07, 6.45) is 0.735. The van der Waals surface area contributed by atoms with Crippen molar-refractivity contribution in [2.24, 2.45) is 0 Å². The first-order chi connectivity index (χ1) is 13.8. The van der Waals surface area contributed by atoms with E-state index in [0.717, 1.165) is 16.0 Å². The molecule has 29 heavy (non-hydrogen) atoms. The Morgan fingerprint density at radius 3 is 2.45 bits per heavy atom. The number of aliphatic hydroxyl groups is 1. The Morgan fingerprint density at radius 1 is 1.17 bits per heavy atom. The summed E-state index contributed by atoms with van der Waals surface area (Å²) in [5.41, 5.74) is 2.75. The van der Waals surface area contributed by atoms with Gasteiger partial charge in [-0.05, 0) is 51.1 Å². The van der Waals surface area contributed by atoms with Gasteiger partial charge in [0.05, 0.1) is 17.7 Å². The lowest BCUT2D eigenvalue weighted by molar-refractivity contribution is -0.140. The number of ketones is 1. The minimum Gasteiger partial charge on any atom is -0.507 e. The molecule has 1 aromatic heterocycles. The van der Waals surface area contributed by atoms with E-state index in [-0.39, 0.29) is 17.4 Å². The van der Waals surface area contributed by atoms with Crippen molar-refractivity contribution in [3.05, 3.63) is 62.9 Å². The zero-order valence-corrected chi connectivity index (χ0v) is 18.1. The Hall–Kier alpha value is -2.44. The van der Waals surface area contributed by atoms with Crippen molar-refractivity contribution in [1.82, 2.24) is 4.90 Å². The maximum atomic E-state index is 12.9. The van der Waals surface area contributed by atoms with Gasteiger partial charge in [0.25, 0.3) is 11.7 Å². The predicted molar refractivity (Wildman–Crippen MR) is 115 cm³/mol. The van der Waals surface area contributed by atoms with Crippen molar-refractivity contribution in [2.45, 2.75) is 46.3 Å². The van der Waals surface area contributed by atoms with Crippen molar-refractivity contribution in [3.63, 3.8) is 0 Å². The van der Waals surface area contributed by atoms with Crippen LogP contribution in [0.2, 0.25) is 0 Å². The van der Waals surface area contributed by atoms with Crippen LogP contribution in [0.4, 0.5) is 0 Å². The van der Waals surface area contributed by atoms with Crippen LogP contribution in [0.1, 0.15) is 47.9 Å². The third-order valence-electron chi connectivity index (χ3n) is 5.01. The van der Waals surface area contributed by atoms with E-state index < -0.39 is 17.7 Å². The number of Topliss-reactive ketones (excluding diaryl/α,β-unsaturated/α-hetero) is 1. The second-order valence-electron chi connectivity index (χ2n) is 7.60. The molecule has 0 bridgehead atoms. The zero-order valence-electron chi connectivity index (χ0n) is 17.3. The van der Waals surface area contributed by atoms with Gasteiger partial charge in [-0.3, -0.25) is 9.59 Å². The average molecular weight is 414 g/mol. The highest BCUT2D eigenvalue weighted by atomic mass is 32.1. The Bertz CT molecular complexity index is 927. The number of amides is 1. The summed E-state index contributed by atoms with van der Waals surface area (Å²) in [6, 6.07) is 8.68. The summed E-state index contributed by atoms with van der Waals surface area (Å²) < 4.78 is 5.59. The summed E-state index contributed by atoms with van der Waals surface area (Å²) >= 11 is 1.49. The Morgan fingerprint density at radius 2 is 1.86 bits per heavy atom. The first kappa shape index (κ1) is 21.3. The molecule has 3 rings (SSSR count). The Balaban J connectivity index is 2.01. The van der Waals surface area contributed by atoms with Gasteiger partial charge in [-0.15, -0.1) is 11.3 Å². The molecule has 1 aromatic carbocycles. The molecule has 1 aliphatic heterocycles. The highest BCUT2D eigenvalue weighted by molar-refractivity contribution is 7.10. The summed E-state index contributed by atoms with van der Waals surface area (Å²) in [5.74, 6) is -1.33. The molecule has 1 N–H and O–H groups in total. The van der Waals surface area contributed by atoms with E-state index in [2.05, 4.69) is 0 Å². The number of rotatable bonds is 7. The maximum absolute atomic E-state index is 12.9. The molecule has 1 aliphatic rings. The minimum absolute atomic E-state index is 0.113. The van der Waals surface area contributed by atoms with Crippen LogP contribution in [0.3, 0.4) is 0 Å². The van der Waals surface area contributed by atoms with Gasteiger partial charge in [0.15, 0.2) is 0 Å². The van der Waals surface area contributed by atoms with Crippen LogP contribution in [-0.4, -0.2) is 41.0 Å². The van der Waals surface area contributed by atoms with Crippen molar-refractivity contribution in [2.75, 3.05) is 13.2 Å². The van der Waals surface area contributed by atoms with Crippen LogP contribution in [0, 0.1) is 13.8 Å². The third-order valence-corrected chi connectivity index (χ3v) is 6.08. The largest absolute Gasteiger partial charge is 0.507 e. The lowest BCUT2D eigenvalue weighted by Gasteiger charge is -2.25. The quantitative estimate of drug-likeness (QED) is 0.312. The lowest BCUT2D eigenvalue weighted by Crippen LogP contribution is -2.31. The van der Waals surface area contributed by atoms with Crippen molar-refractivity contribution >= 4 is 28.8 Å². The fourth-order valence-corrected chi connectivity index (χ4v) is 4.52. The molecule has 1 amide bonds. The Labute approximate surface area is 175 Å². The molecule has 6 heteroatoms. The second-order valence-corrected chi connectivity index (χ2v) is 8.55. The molecule has 154 valence electrons. The van der Waals surface area contributed by atoms with Crippen molar-refractivity contribution < 1.29 is 19.4 Å². The summed E-state index contributed by atoms with van der Waals surface area (Å²) in [4.78, 5) is 28.2. The van der Waals surface area contributed by atoms with E-state index in [1.165, 1.54) is 11.3 Å². The zero-order chi connectivity index (χ0) is 21.1. The van der Waals surface area contributed by atoms with Gasteiger partial charge in [0.1, 0.15) is 5.76 Å².